The van der Waals surface area contributed by atoms with Crippen molar-refractivity contribution < 1.29 is 0 Å². The summed E-state index contributed by atoms with van der Waals surface area (Å²) in [5.74, 6) is 1.33. The molecule has 2 unspecified atom stereocenters. The largest absolute Gasteiger partial charge is 0.310 e. The predicted octanol–water partition coefficient (Wildman–Crippen LogP) is 3.44. The van der Waals surface area contributed by atoms with Crippen LogP contribution < -0.4 is 5.32 Å². The third-order valence-electron chi connectivity index (χ3n) is 4.01. The minimum Gasteiger partial charge on any atom is -0.310 e. The smallest absolute Gasteiger partial charge is 0.0171 e. The van der Waals surface area contributed by atoms with Crippen LogP contribution in [0.5, 0.6) is 0 Å². The lowest BCUT2D eigenvalue weighted by Gasteiger charge is -2.36. The molecular formula is C13H25NS. The van der Waals surface area contributed by atoms with Gasteiger partial charge in [-0.25, -0.2) is 0 Å². The summed E-state index contributed by atoms with van der Waals surface area (Å²) in [6, 6.07) is 1.62. The number of hydrogen-bond acceptors (Lipinski definition) is 2. The zero-order valence-electron chi connectivity index (χ0n) is 10.4. The van der Waals surface area contributed by atoms with E-state index in [0.29, 0.717) is 5.41 Å². The van der Waals surface area contributed by atoms with E-state index in [1.165, 1.54) is 37.9 Å². The van der Waals surface area contributed by atoms with Crippen LogP contribution >= 0.6 is 11.8 Å². The summed E-state index contributed by atoms with van der Waals surface area (Å²) in [5.41, 5.74) is 0.607. The average Bonchev–Trinajstić information content (AvgIpc) is 2.55. The first-order chi connectivity index (χ1) is 7.05. The first-order valence-electron chi connectivity index (χ1n) is 6.43. The van der Waals surface area contributed by atoms with Gasteiger partial charge in [0.25, 0.3) is 0 Å². The summed E-state index contributed by atoms with van der Waals surface area (Å²) in [5, 5.41) is 4.74. The molecule has 0 amide bonds. The molecule has 2 aliphatic rings. The molecule has 0 spiro atoms. The molecule has 2 fully saturated rings. The zero-order chi connectivity index (χ0) is 10.9. The molecule has 1 N–H and O–H groups in total. The molecule has 1 heterocycles. The maximum atomic E-state index is 3.87. The molecule has 1 saturated carbocycles. The van der Waals surface area contributed by atoms with Gasteiger partial charge >= 0.3 is 0 Å². The predicted molar refractivity (Wildman–Crippen MR) is 69.5 cm³/mol. The molecule has 2 atom stereocenters. The summed E-state index contributed by atoms with van der Waals surface area (Å²) in [7, 11) is 0. The second kappa shape index (κ2) is 4.67. The minimum atomic E-state index is 0.607. The van der Waals surface area contributed by atoms with E-state index in [9.17, 15) is 0 Å². The summed E-state index contributed by atoms with van der Waals surface area (Å²) in [4.78, 5) is 0. The van der Waals surface area contributed by atoms with Gasteiger partial charge in [-0.05, 0) is 37.5 Å². The highest BCUT2D eigenvalue weighted by Crippen LogP contribution is 2.36. The van der Waals surface area contributed by atoms with Gasteiger partial charge in [0.2, 0.25) is 0 Å². The van der Waals surface area contributed by atoms with Crippen molar-refractivity contribution in [3.8, 4) is 0 Å². The highest BCUT2D eigenvalue weighted by molar-refractivity contribution is 8.00. The van der Waals surface area contributed by atoms with E-state index in [4.69, 9.17) is 0 Å². The van der Waals surface area contributed by atoms with Crippen LogP contribution in [0.25, 0.3) is 0 Å². The SMILES string of the molecule is CC1CC(NC2CCC(C)(C)CC2)CS1. The van der Waals surface area contributed by atoms with E-state index >= 15 is 0 Å². The van der Waals surface area contributed by atoms with Gasteiger partial charge in [-0.2, -0.15) is 11.8 Å². The van der Waals surface area contributed by atoms with E-state index < -0.39 is 0 Å². The summed E-state index contributed by atoms with van der Waals surface area (Å²) in [6.07, 6.45) is 6.97. The van der Waals surface area contributed by atoms with Crippen molar-refractivity contribution in [3.05, 3.63) is 0 Å². The Kier molecular flexibility index (Phi) is 3.67. The van der Waals surface area contributed by atoms with Crippen molar-refractivity contribution in [1.29, 1.82) is 0 Å². The number of hydrogen-bond donors (Lipinski definition) is 1. The van der Waals surface area contributed by atoms with Crippen LogP contribution in [0.15, 0.2) is 0 Å². The molecular weight excluding hydrogens is 202 g/mol. The van der Waals surface area contributed by atoms with Crippen LogP contribution in [-0.2, 0) is 0 Å². The Balaban J connectivity index is 1.73. The van der Waals surface area contributed by atoms with Crippen molar-refractivity contribution in [3.63, 3.8) is 0 Å². The van der Waals surface area contributed by atoms with E-state index in [1.807, 2.05) is 0 Å². The van der Waals surface area contributed by atoms with Crippen molar-refractivity contribution >= 4 is 11.8 Å². The lowest BCUT2D eigenvalue weighted by molar-refractivity contribution is 0.199. The Morgan fingerprint density at radius 1 is 1.13 bits per heavy atom. The monoisotopic (exact) mass is 227 g/mol. The van der Waals surface area contributed by atoms with E-state index in [-0.39, 0.29) is 0 Å². The normalized spacial score (nSPS) is 37.0. The highest BCUT2D eigenvalue weighted by atomic mass is 32.2. The molecule has 2 rings (SSSR count). The Morgan fingerprint density at radius 3 is 2.33 bits per heavy atom. The van der Waals surface area contributed by atoms with Gasteiger partial charge < -0.3 is 5.32 Å². The van der Waals surface area contributed by atoms with Crippen LogP contribution in [0.4, 0.5) is 0 Å². The molecule has 0 aromatic heterocycles. The van der Waals surface area contributed by atoms with E-state index in [0.717, 1.165) is 17.3 Å². The fourth-order valence-electron chi connectivity index (χ4n) is 2.83. The molecule has 1 aliphatic carbocycles. The quantitative estimate of drug-likeness (QED) is 0.775. The Hall–Kier alpha value is 0.310. The molecule has 1 saturated heterocycles. The summed E-state index contributed by atoms with van der Waals surface area (Å²) in [6.45, 7) is 7.18. The maximum absolute atomic E-state index is 3.87. The molecule has 1 aliphatic heterocycles. The molecule has 0 bridgehead atoms. The van der Waals surface area contributed by atoms with Gasteiger partial charge in [0.15, 0.2) is 0 Å². The Labute approximate surface area is 98.8 Å². The molecule has 0 aromatic carbocycles. The minimum absolute atomic E-state index is 0.607. The molecule has 0 aromatic rings. The molecule has 15 heavy (non-hydrogen) atoms. The van der Waals surface area contributed by atoms with Gasteiger partial charge in [-0.3, -0.25) is 0 Å². The van der Waals surface area contributed by atoms with Crippen LogP contribution in [0, 0.1) is 5.41 Å². The van der Waals surface area contributed by atoms with E-state index in [2.05, 4.69) is 37.8 Å². The van der Waals surface area contributed by atoms with Crippen molar-refractivity contribution in [2.45, 2.75) is 70.2 Å². The van der Waals surface area contributed by atoms with Gasteiger partial charge in [0.1, 0.15) is 0 Å². The lowest BCUT2D eigenvalue weighted by Crippen LogP contribution is -2.41. The van der Waals surface area contributed by atoms with Crippen LogP contribution in [0.3, 0.4) is 0 Å². The third-order valence-corrected chi connectivity index (χ3v) is 5.37. The van der Waals surface area contributed by atoms with Crippen molar-refractivity contribution in [1.82, 2.24) is 5.32 Å². The zero-order valence-corrected chi connectivity index (χ0v) is 11.2. The van der Waals surface area contributed by atoms with E-state index in [1.54, 1.807) is 0 Å². The number of nitrogens with one attached hydrogen (secondary N) is 1. The fraction of sp³-hybridized carbons (Fsp3) is 1.00. The average molecular weight is 227 g/mol. The molecule has 2 heteroatoms. The van der Waals surface area contributed by atoms with Crippen LogP contribution in [0.1, 0.15) is 52.9 Å². The number of thioether (sulfide) groups is 1. The summed E-state index contributed by atoms with van der Waals surface area (Å²) < 4.78 is 0. The summed E-state index contributed by atoms with van der Waals surface area (Å²) >= 11 is 2.13. The van der Waals surface area contributed by atoms with Gasteiger partial charge in [0.05, 0.1) is 0 Å². The number of rotatable bonds is 2. The second-order valence-electron chi connectivity index (χ2n) is 6.18. The molecule has 88 valence electrons. The third kappa shape index (κ3) is 3.39. The first kappa shape index (κ1) is 11.8. The van der Waals surface area contributed by atoms with Crippen LogP contribution in [-0.4, -0.2) is 23.1 Å². The topological polar surface area (TPSA) is 12.0 Å². The van der Waals surface area contributed by atoms with Gasteiger partial charge in [0, 0.05) is 23.1 Å². The highest BCUT2D eigenvalue weighted by Gasteiger charge is 2.29. The maximum Gasteiger partial charge on any atom is 0.0171 e. The van der Waals surface area contributed by atoms with Gasteiger partial charge in [-0.15, -0.1) is 0 Å². The fourth-order valence-corrected chi connectivity index (χ4v) is 3.99. The Morgan fingerprint density at radius 2 is 1.80 bits per heavy atom. The first-order valence-corrected chi connectivity index (χ1v) is 7.48. The molecule has 0 radical (unpaired) electrons. The van der Waals surface area contributed by atoms with Crippen molar-refractivity contribution in [2.75, 3.05) is 5.75 Å². The van der Waals surface area contributed by atoms with Gasteiger partial charge in [-0.1, -0.05) is 20.8 Å². The Bertz CT molecular complexity index is 205. The lowest BCUT2D eigenvalue weighted by atomic mass is 9.75. The standard InChI is InChI=1S/C13H25NS/c1-10-8-12(9-15-10)14-11-4-6-13(2,3)7-5-11/h10-12,14H,4-9H2,1-3H3. The second-order valence-corrected chi connectivity index (χ2v) is 7.65. The van der Waals surface area contributed by atoms with Crippen LogP contribution in [0.2, 0.25) is 0 Å². The van der Waals surface area contributed by atoms with Crippen molar-refractivity contribution in [2.24, 2.45) is 5.41 Å². The molecule has 1 nitrogen and oxygen atoms in total.